The van der Waals surface area contributed by atoms with Crippen LogP contribution in [0.3, 0.4) is 0 Å². The third-order valence-electron chi connectivity index (χ3n) is 2.84. The Kier molecular flexibility index (Phi) is 15.4. The zero-order chi connectivity index (χ0) is 16.5. The van der Waals surface area contributed by atoms with E-state index in [-0.39, 0.29) is 11.9 Å². The van der Waals surface area contributed by atoms with Crippen LogP contribution in [0.15, 0.2) is 0 Å². The van der Waals surface area contributed by atoms with E-state index in [0.717, 1.165) is 25.7 Å². The van der Waals surface area contributed by atoms with Gasteiger partial charge in [-0.15, -0.1) is 0 Å². The zero-order valence-corrected chi connectivity index (χ0v) is 13.9. The second-order valence-electron chi connectivity index (χ2n) is 4.75. The SMILES string of the molecule is CCOC(=O)CCOCCCCCCOCCC(=O)OCC. The average molecular weight is 318 g/mol. The molecular weight excluding hydrogens is 288 g/mol. The molecule has 0 unspecified atom stereocenters. The molecule has 22 heavy (non-hydrogen) atoms. The Labute approximate surface area is 133 Å². The van der Waals surface area contributed by atoms with Gasteiger partial charge in [0.1, 0.15) is 0 Å². The molecule has 0 atom stereocenters. The Morgan fingerprint density at radius 2 is 1.05 bits per heavy atom. The van der Waals surface area contributed by atoms with Crippen molar-refractivity contribution in [3.05, 3.63) is 0 Å². The maximum atomic E-state index is 11.0. The van der Waals surface area contributed by atoms with Crippen LogP contribution >= 0.6 is 0 Å². The summed E-state index contributed by atoms with van der Waals surface area (Å²) >= 11 is 0. The number of hydrogen-bond acceptors (Lipinski definition) is 6. The van der Waals surface area contributed by atoms with Gasteiger partial charge in [-0.25, -0.2) is 0 Å². The summed E-state index contributed by atoms with van der Waals surface area (Å²) in [5.74, 6) is -0.412. The Morgan fingerprint density at radius 3 is 1.41 bits per heavy atom. The van der Waals surface area contributed by atoms with Crippen molar-refractivity contribution < 1.29 is 28.5 Å². The Balaban J connectivity index is 3.11. The fourth-order valence-corrected chi connectivity index (χ4v) is 1.74. The Bertz CT molecular complexity index is 252. The first-order valence-corrected chi connectivity index (χ1v) is 8.17. The number of rotatable bonds is 15. The lowest BCUT2D eigenvalue weighted by atomic mass is 10.2. The first-order valence-electron chi connectivity index (χ1n) is 8.17. The first kappa shape index (κ1) is 20.9. The molecule has 0 aromatic rings. The van der Waals surface area contributed by atoms with E-state index in [9.17, 15) is 9.59 Å². The van der Waals surface area contributed by atoms with Crippen LogP contribution in [0.5, 0.6) is 0 Å². The highest BCUT2D eigenvalue weighted by molar-refractivity contribution is 5.69. The van der Waals surface area contributed by atoms with Gasteiger partial charge in [0.25, 0.3) is 0 Å². The number of esters is 2. The predicted molar refractivity (Wildman–Crippen MR) is 82.6 cm³/mol. The number of carbonyl (C=O) groups excluding carboxylic acids is 2. The van der Waals surface area contributed by atoms with Crippen molar-refractivity contribution in [1.29, 1.82) is 0 Å². The predicted octanol–water partition coefficient (Wildman–Crippen LogP) is 2.49. The van der Waals surface area contributed by atoms with Crippen LogP contribution < -0.4 is 0 Å². The highest BCUT2D eigenvalue weighted by Crippen LogP contribution is 2.01. The van der Waals surface area contributed by atoms with E-state index in [2.05, 4.69) is 0 Å². The molecule has 0 aromatic carbocycles. The van der Waals surface area contributed by atoms with Gasteiger partial charge in [0.15, 0.2) is 0 Å². The molecule has 0 rings (SSSR count). The smallest absolute Gasteiger partial charge is 0.308 e. The van der Waals surface area contributed by atoms with Gasteiger partial charge in [0.05, 0.1) is 39.3 Å². The van der Waals surface area contributed by atoms with Crippen molar-refractivity contribution in [3.8, 4) is 0 Å². The van der Waals surface area contributed by atoms with Crippen molar-refractivity contribution in [2.45, 2.75) is 52.4 Å². The lowest BCUT2D eigenvalue weighted by Crippen LogP contribution is -2.09. The van der Waals surface area contributed by atoms with Gasteiger partial charge in [-0.1, -0.05) is 12.8 Å². The molecule has 0 spiro atoms. The summed E-state index contributed by atoms with van der Waals surface area (Å²) in [4.78, 5) is 22.1. The molecule has 0 amide bonds. The van der Waals surface area contributed by atoms with Crippen LogP contribution in [-0.2, 0) is 28.5 Å². The summed E-state index contributed by atoms with van der Waals surface area (Å²) < 4.78 is 20.3. The Hall–Kier alpha value is -1.14. The average Bonchev–Trinajstić information content (AvgIpc) is 2.49. The highest BCUT2D eigenvalue weighted by Gasteiger charge is 2.01. The number of unbranched alkanes of at least 4 members (excludes halogenated alkanes) is 3. The van der Waals surface area contributed by atoms with Gasteiger partial charge < -0.3 is 18.9 Å². The fraction of sp³-hybridized carbons (Fsp3) is 0.875. The molecule has 0 aliphatic heterocycles. The molecule has 0 N–H and O–H groups in total. The lowest BCUT2D eigenvalue weighted by molar-refractivity contribution is -0.145. The van der Waals surface area contributed by atoms with Gasteiger partial charge in [-0.2, -0.15) is 0 Å². The van der Waals surface area contributed by atoms with Crippen LogP contribution in [0, 0.1) is 0 Å². The molecule has 6 heteroatoms. The molecule has 0 aromatic heterocycles. The van der Waals surface area contributed by atoms with Gasteiger partial charge in [0.2, 0.25) is 0 Å². The van der Waals surface area contributed by atoms with Gasteiger partial charge in [0, 0.05) is 13.2 Å². The summed E-state index contributed by atoms with van der Waals surface area (Å²) in [5.41, 5.74) is 0. The largest absolute Gasteiger partial charge is 0.466 e. The molecule has 0 aliphatic carbocycles. The molecule has 0 saturated carbocycles. The minimum atomic E-state index is -0.206. The normalized spacial score (nSPS) is 10.5. The molecule has 130 valence electrons. The summed E-state index contributed by atoms with van der Waals surface area (Å²) in [6.45, 7) is 6.61. The summed E-state index contributed by atoms with van der Waals surface area (Å²) in [6, 6.07) is 0. The maximum absolute atomic E-state index is 11.0. The van der Waals surface area contributed by atoms with E-state index < -0.39 is 0 Å². The van der Waals surface area contributed by atoms with Crippen LogP contribution in [0.25, 0.3) is 0 Å². The van der Waals surface area contributed by atoms with Crippen LogP contribution in [0.2, 0.25) is 0 Å². The highest BCUT2D eigenvalue weighted by atomic mass is 16.5. The molecule has 0 saturated heterocycles. The molecular formula is C16H30O6. The second kappa shape index (κ2) is 16.2. The van der Waals surface area contributed by atoms with Crippen molar-refractivity contribution in [1.82, 2.24) is 0 Å². The van der Waals surface area contributed by atoms with Crippen molar-refractivity contribution in [2.75, 3.05) is 39.6 Å². The van der Waals surface area contributed by atoms with Crippen LogP contribution in [-0.4, -0.2) is 51.6 Å². The van der Waals surface area contributed by atoms with Gasteiger partial charge >= 0.3 is 11.9 Å². The van der Waals surface area contributed by atoms with Crippen LogP contribution in [0.4, 0.5) is 0 Å². The molecule has 0 heterocycles. The Morgan fingerprint density at radius 1 is 0.636 bits per heavy atom. The van der Waals surface area contributed by atoms with Crippen molar-refractivity contribution in [3.63, 3.8) is 0 Å². The van der Waals surface area contributed by atoms with E-state index in [0.29, 0.717) is 52.5 Å². The van der Waals surface area contributed by atoms with E-state index in [1.54, 1.807) is 13.8 Å². The number of carbonyl (C=O) groups is 2. The second-order valence-corrected chi connectivity index (χ2v) is 4.75. The summed E-state index contributed by atoms with van der Waals surface area (Å²) in [5, 5.41) is 0. The topological polar surface area (TPSA) is 71.1 Å². The zero-order valence-electron chi connectivity index (χ0n) is 13.9. The quantitative estimate of drug-likeness (QED) is 0.341. The monoisotopic (exact) mass is 318 g/mol. The summed E-state index contributed by atoms with van der Waals surface area (Å²) in [7, 11) is 0. The van der Waals surface area contributed by atoms with Gasteiger partial charge in [-0.3, -0.25) is 9.59 Å². The fourth-order valence-electron chi connectivity index (χ4n) is 1.74. The standard InChI is InChI=1S/C16H30O6/c1-3-21-15(17)9-13-19-11-7-5-6-8-12-20-14-10-16(18)22-4-2/h3-14H2,1-2H3. The van der Waals surface area contributed by atoms with Crippen molar-refractivity contribution >= 4 is 11.9 Å². The molecule has 0 bridgehead atoms. The summed E-state index contributed by atoms with van der Waals surface area (Å²) in [6.07, 6.45) is 4.74. The van der Waals surface area contributed by atoms with E-state index >= 15 is 0 Å². The maximum Gasteiger partial charge on any atom is 0.308 e. The van der Waals surface area contributed by atoms with Crippen LogP contribution in [0.1, 0.15) is 52.4 Å². The van der Waals surface area contributed by atoms with E-state index in [4.69, 9.17) is 18.9 Å². The van der Waals surface area contributed by atoms with E-state index in [1.807, 2.05) is 0 Å². The minimum absolute atomic E-state index is 0.206. The van der Waals surface area contributed by atoms with E-state index in [1.165, 1.54) is 0 Å². The third kappa shape index (κ3) is 15.3. The number of hydrogen-bond donors (Lipinski definition) is 0. The van der Waals surface area contributed by atoms with Crippen molar-refractivity contribution in [2.24, 2.45) is 0 Å². The number of ether oxygens (including phenoxy) is 4. The minimum Gasteiger partial charge on any atom is -0.466 e. The molecule has 0 radical (unpaired) electrons. The molecule has 6 nitrogen and oxygen atoms in total. The first-order chi connectivity index (χ1) is 10.7. The third-order valence-corrected chi connectivity index (χ3v) is 2.84. The molecule has 0 fully saturated rings. The lowest BCUT2D eigenvalue weighted by Gasteiger charge is -2.05. The van der Waals surface area contributed by atoms with Gasteiger partial charge in [-0.05, 0) is 26.7 Å². The molecule has 0 aliphatic rings.